The number of likely N-dealkylation sites (tertiary alicyclic amines) is 1. The van der Waals surface area contributed by atoms with E-state index in [4.69, 9.17) is 4.42 Å². The Kier molecular flexibility index (Phi) is 5.58. The zero-order chi connectivity index (χ0) is 17.8. The van der Waals surface area contributed by atoms with E-state index in [0.29, 0.717) is 17.9 Å². The van der Waals surface area contributed by atoms with E-state index in [1.54, 1.807) is 35.3 Å². The molecule has 0 radical (unpaired) electrons. The van der Waals surface area contributed by atoms with Crippen molar-refractivity contribution in [2.24, 2.45) is 0 Å². The fraction of sp³-hybridized carbons (Fsp3) is 0.579. The fourth-order valence-corrected chi connectivity index (χ4v) is 3.59. The highest BCUT2D eigenvalue weighted by atomic mass is 16.4. The molecule has 0 bridgehead atoms. The smallest absolute Gasteiger partial charge is 0.272 e. The third-order valence-electron chi connectivity index (χ3n) is 4.88. The Bertz CT molecular complexity index is 678. The topological polar surface area (TPSA) is 71.5 Å². The number of hydrogen-bond acceptors (Lipinski definition) is 4. The normalized spacial score (nSPS) is 19.8. The molecule has 1 aliphatic rings. The molecule has 0 aromatic carbocycles. The number of carbonyl (C=O) groups excluding carboxylic acids is 1. The molecular weight excluding hydrogens is 318 g/mol. The Morgan fingerprint density at radius 2 is 2.20 bits per heavy atom. The maximum Gasteiger partial charge on any atom is 0.272 e. The Hall–Kier alpha value is -2.08. The maximum absolute atomic E-state index is 13.2. The van der Waals surface area contributed by atoms with Gasteiger partial charge in [0.05, 0.1) is 6.26 Å². The first-order valence-electron chi connectivity index (χ1n) is 9.14. The van der Waals surface area contributed by atoms with Crippen molar-refractivity contribution in [1.82, 2.24) is 14.7 Å². The Labute approximate surface area is 148 Å². The van der Waals surface area contributed by atoms with Gasteiger partial charge < -0.3 is 14.4 Å². The molecule has 2 aromatic heterocycles. The van der Waals surface area contributed by atoms with Gasteiger partial charge in [-0.15, -0.1) is 0 Å². The fourth-order valence-electron chi connectivity index (χ4n) is 3.59. The Morgan fingerprint density at radius 1 is 1.36 bits per heavy atom. The highest BCUT2D eigenvalue weighted by Gasteiger charge is 2.30. The molecule has 1 aliphatic heterocycles. The lowest BCUT2D eigenvalue weighted by Gasteiger charge is -2.31. The van der Waals surface area contributed by atoms with Crippen LogP contribution in [-0.4, -0.2) is 38.3 Å². The minimum atomic E-state index is -0.691. The number of aromatic nitrogens is 2. The van der Waals surface area contributed by atoms with E-state index >= 15 is 0 Å². The molecule has 1 fully saturated rings. The van der Waals surface area contributed by atoms with Gasteiger partial charge in [-0.25, -0.2) is 0 Å². The van der Waals surface area contributed by atoms with E-state index in [2.05, 4.69) is 5.10 Å². The summed E-state index contributed by atoms with van der Waals surface area (Å²) in [4.78, 5) is 15.1. The predicted octanol–water partition coefficient (Wildman–Crippen LogP) is 3.57. The minimum absolute atomic E-state index is 0.00439. The quantitative estimate of drug-likeness (QED) is 0.899. The molecule has 0 saturated carbocycles. The van der Waals surface area contributed by atoms with Crippen LogP contribution in [0.2, 0.25) is 0 Å². The molecule has 3 heterocycles. The first kappa shape index (κ1) is 17.7. The van der Waals surface area contributed by atoms with E-state index in [0.717, 1.165) is 32.2 Å². The summed E-state index contributed by atoms with van der Waals surface area (Å²) in [5, 5.41) is 14.8. The van der Waals surface area contributed by atoms with Crippen molar-refractivity contribution in [3.63, 3.8) is 0 Å². The molecule has 0 spiro atoms. The summed E-state index contributed by atoms with van der Waals surface area (Å²) in [7, 11) is 0. The molecule has 1 amide bonds. The standard InChI is InChI=1S/C19H27N3O3/c1-14(2)22-16(9-10-20-22)19(24)21-11-5-3-4-7-15(21)13-17(23)18-8-6-12-25-18/h6,8-10,12,14-15,17,23H,3-5,7,11,13H2,1-2H3/t15-,17+/m1/s1. The van der Waals surface area contributed by atoms with Gasteiger partial charge in [-0.3, -0.25) is 9.48 Å². The lowest BCUT2D eigenvalue weighted by molar-refractivity contribution is 0.0544. The highest BCUT2D eigenvalue weighted by Crippen LogP contribution is 2.28. The molecular formula is C19H27N3O3. The second kappa shape index (κ2) is 7.87. The van der Waals surface area contributed by atoms with Crippen LogP contribution in [0.5, 0.6) is 0 Å². The average Bonchev–Trinajstić information content (AvgIpc) is 3.24. The number of aliphatic hydroxyl groups excluding tert-OH is 1. The van der Waals surface area contributed by atoms with Crippen LogP contribution in [0.3, 0.4) is 0 Å². The van der Waals surface area contributed by atoms with E-state index in [9.17, 15) is 9.90 Å². The van der Waals surface area contributed by atoms with Crippen LogP contribution in [0.1, 0.15) is 74.3 Å². The third kappa shape index (κ3) is 3.95. The maximum atomic E-state index is 13.2. The lowest BCUT2D eigenvalue weighted by Crippen LogP contribution is -2.41. The van der Waals surface area contributed by atoms with Gasteiger partial charge in [-0.1, -0.05) is 12.8 Å². The van der Waals surface area contributed by atoms with Gasteiger partial charge in [0.25, 0.3) is 5.91 Å². The van der Waals surface area contributed by atoms with Crippen molar-refractivity contribution >= 4 is 5.91 Å². The molecule has 136 valence electrons. The van der Waals surface area contributed by atoms with Crippen LogP contribution in [0.4, 0.5) is 0 Å². The van der Waals surface area contributed by atoms with Gasteiger partial charge in [-0.2, -0.15) is 5.10 Å². The zero-order valence-corrected chi connectivity index (χ0v) is 15.0. The Balaban J connectivity index is 1.80. The van der Waals surface area contributed by atoms with Crippen LogP contribution in [-0.2, 0) is 0 Å². The van der Waals surface area contributed by atoms with Crippen molar-refractivity contribution in [3.05, 3.63) is 42.1 Å². The van der Waals surface area contributed by atoms with Gasteiger partial charge >= 0.3 is 0 Å². The summed E-state index contributed by atoms with van der Waals surface area (Å²) in [6.45, 7) is 4.76. The summed E-state index contributed by atoms with van der Waals surface area (Å²) >= 11 is 0. The molecule has 25 heavy (non-hydrogen) atoms. The summed E-state index contributed by atoms with van der Waals surface area (Å²) in [6, 6.07) is 5.48. The van der Waals surface area contributed by atoms with Crippen molar-refractivity contribution < 1.29 is 14.3 Å². The number of rotatable bonds is 5. The van der Waals surface area contributed by atoms with Crippen LogP contribution < -0.4 is 0 Å². The molecule has 1 N–H and O–H groups in total. The van der Waals surface area contributed by atoms with Crippen molar-refractivity contribution in [1.29, 1.82) is 0 Å². The first-order valence-corrected chi connectivity index (χ1v) is 9.14. The zero-order valence-electron chi connectivity index (χ0n) is 15.0. The Morgan fingerprint density at radius 3 is 2.92 bits per heavy atom. The number of furan rings is 1. The van der Waals surface area contributed by atoms with E-state index < -0.39 is 6.10 Å². The van der Waals surface area contributed by atoms with Crippen LogP contribution in [0, 0.1) is 0 Å². The molecule has 0 aliphatic carbocycles. The van der Waals surface area contributed by atoms with Gasteiger partial charge in [-0.05, 0) is 44.9 Å². The van der Waals surface area contributed by atoms with Crippen molar-refractivity contribution in [2.45, 2.75) is 64.1 Å². The highest BCUT2D eigenvalue weighted by molar-refractivity contribution is 5.92. The van der Waals surface area contributed by atoms with E-state index in [-0.39, 0.29) is 18.0 Å². The summed E-state index contributed by atoms with van der Waals surface area (Å²) < 4.78 is 7.09. The second-order valence-electron chi connectivity index (χ2n) is 7.02. The molecule has 3 rings (SSSR count). The van der Waals surface area contributed by atoms with Gasteiger partial charge in [0.2, 0.25) is 0 Å². The van der Waals surface area contributed by atoms with Gasteiger partial charge in [0, 0.05) is 31.2 Å². The number of aliphatic hydroxyl groups is 1. The van der Waals surface area contributed by atoms with E-state index in [1.165, 1.54) is 0 Å². The summed E-state index contributed by atoms with van der Waals surface area (Å²) in [5.41, 5.74) is 0.620. The van der Waals surface area contributed by atoms with Crippen molar-refractivity contribution in [2.75, 3.05) is 6.54 Å². The molecule has 1 saturated heterocycles. The van der Waals surface area contributed by atoms with Gasteiger partial charge in [0.1, 0.15) is 17.6 Å². The molecule has 2 aromatic rings. The molecule has 0 unspecified atom stereocenters. The SMILES string of the molecule is CC(C)n1nccc1C(=O)N1CCCCC[C@@H]1C[C@H](O)c1ccco1. The summed E-state index contributed by atoms with van der Waals surface area (Å²) in [5.74, 6) is 0.564. The predicted molar refractivity (Wildman–Crippen MR) is 94.2 cm³/mol. The number of amides is 1. The lowest BCUT2D eigenvalue weighted by atomic mass is 10.0. The van der Waals surface area contributed by atoms with Crippen LogP contribution in [0.25, 0.3) is 0 Å². The number of nitrogens with zero attached hydrogens (tertiary/aromatic N) is 3. The second-order valence-corrected chi connectivity index (χ2v) is 7.02. The first-order chi connectivity index (χ1) is 12.1. The average molecular weight is 345 g/mol. The molecule has 6 heteroatoms. The minimum Gasteiger partial charge on any atom is -0.467 e. The molecule has 6 nitrogen and oxygen atoms in total. The monoisotopic (exact) mass is 345 g/mol. The third-order valence-corrected chi connectivity index (χ3v) is 4.88. The summed E-state index contributed by atoms with van der Waals surface area (Å²) in [6.07, 6.45) is 7.13. The van der Waals surface area contributed by atoms with Crippen LogP contribution in [0.15, 0.2) is 35.1 Å². The van der Waals surface area contributed by atoms with Gasteiger partial charge in [0.15, 0.2) is 0 Å². The largest absolute Gasteiger partial charge is 0.467 e. The van der Waals surface area contributed by atoms with Crippen molar-refractivity contribution in [3.8, 4) is 0 Å². The van der Waals surface area contributed by atoms with Crippen LogP contribution >= 0.6 is 0 Å². The molecule has 2 atom stereocenters. The van der Waals surface area contributed by atoms with E-state index in [1.807, 2.05) is 18.7 Å². The number of hydrogen-bond donors (Lipinski definition) is 1. The number of carbonyl (C=O) groups is 1.